The summed E-state index contributed by atoms with van der Waals surface area (Å²) in [5.74, 6) is 0. The van der Waals surface area contributed by atoms with E-state index >= 15 is 0 Å². The van der Waals surface area contributed by atoms with Crippen molar-refractivity contribution >= 4 is 0 Å². The molecule has 0 aromatic rings. The molecule has 1 fully saturated rings. The zero-order chi connectivity index (χ0) is 8.10. The fraction of sp³-hybridized carbons (Fsp3) is 1.00. The molecule has 0 aliphatic carbocycles. The van der Waals surface area contributed by atoms with Crippen LogP contribution < -0.4 is 5.32 Å². The van der Waals surface area contributed by atoms with Crippen LogP contribution in [0.2, 0.25) is 0 Å². The van der Waals surface area contributed by atoms with Crippen LogP contribution in [0, 0.1) is 0 Å². The van der Waals surface area contributed by atoms with Crippen molar-refractivity contribution in [1.29, 1.82) is 0 Å². The van der Waals surface area contributed by atoms with Gasteiger partial charge in [-0.2, -0.15) is 0 Å². The van der Waals surface area contributed by atoms with Gasteiger partial charge in [0.05, 0.1) is 6.10 Å². The Balaban J connectivity index is 2.05. The maximum atomic E-state index is 11.6. The summed E-state index contributed by atoms with van der Waals surface area (Å²) in [4.78, 5) is 0. The third kappa shape index (κ3) is 3.62. The van der Waals surface area contributed by atoms with E-state index in [0.29, 0.717) is 6.54 Å². The summed E-state index contributed by atoms with van der Waals surface area (Å²) in [7, 11) is 0. The average molecular weight is 165 g/mol. The van der Waals surface area contributed by atoms with E-state index in [9.17, 15) is 8.78 Å². The lowest BCUT2D eigenvalue weighted by molar-refractivity contribution is -0.0313. The molecule has 1 atom stereocenters. The smallest absolute Gasteiger partial charge is 0.261 e. The fourth-order valence-electron chi connectivity index (χ4n) is 1.17. The van der Waals surface area contributed by atoms with Gasteiger partial charge in [-0.1, -0.05) is 0 Å². The minimum Gasteiger partial charge on any atom is -0.371 e. The zero-order valence-electron chi connectivity index (χ0n) is 6.35. The van der Waals surface area contributed by atoms with Crippen LogP contribution in [0.25, 0.3) is 0 Å². The lowest BCUT2D eigenvalue weighted by atomic mass is 10.1. The molecule has 0 saturated carbocycles. The molecule has 66 valence electrons. The van der Waals surface area contributed by atoms with Gasteiger partial charge in [0, 0.05) is 6.54 Å². The Morgan fingerprint density at radius 3 is 2.91 bits per heavy atom. The second-order valence-electron chi connectivity index (χ2n) is 2.69. The fourth-order valence-corrected chi connectivity index (χ4v) is 1.17. The van der Waals surface area contributed by atoms with Crippen molar-refractivity contribution < 1.29 is 13.5 Å². The maximum Gasteiger partial charge on any atom is 0.261 e. The molecular formula is C7H13F2NO. The predicted molar refractivity (Wildman–Crippen MR) is 37.8 cm³/mol. The van der Waals surface area contributed by atoms with E-state index in [-0.39, 0.29) is 6.10 Å². The largest absolute Gasteiger partial charge is 0.371 e. The number of hydrogen-bond donors (Lipinski definition) is 1. The van der Waals surface area contributed by atoms with Crippen molar-refractivity contribution in [3.8, 4) is 0 Å². The lowest BCUT2D eigenvalue weighted by Crippen LogP contribution is -2.36. The first-order chi connectivity index (χ1) is 5.29. The first-order valence-corrected chi connectivity index (χ1v) is 3.89. The van der Waals surface area contributed by atoms with Gasteiger partial charge in [-0.05, 0) is 19.4 Å². The molecule has 1 aliphatic heterocycles. The number of ether oxygens (including phenoxy) is 1. The summed E-state index contributed by atoms with van der Waals surface area (Å²) < 4.78 is 28.2. The molecule has 1 aliphatic rings. The molecule has 1 saturated heterocycles. The summed E-state index contributed by atoms with van der Waals surface area (Å²) in [5, 5.41) is 3.09. The van der Waals surface area contributed by atoms with Gasteiger partial charge in [-0.3, -0.25) is 0 Å². The number of alkyl halides is 2. The van der Waals surface area contributed by atoms with Gasteiger partial charge in [0.2, 0.25) is 0 Å². The third-order valence-corrected chi connectivity index (χ3v) is 1.71. The number of rotatable bonds is 3. The van der Waals surface area contributed by atoms with Crippen LogP contribution in [0.15, 0.2) is 0 Å². The van der Waals surface area contributed by atoms with Crippen molar-refractivity contribution in [2.45, 2.75) is 25.4 Å². The molecular weight excluding hydrogens is 152 g/mol. The molecule has 4 heteroatoms. The van der Waals surface area contributed by atoms with E-state index in [1.807, 2.05) is 0 Å². The average Bonchev–Trinajstić information content (AvgIpc) is 2.03. The number of piperidine rings is 1. The van der Waals surface area contributed by atoms with Crippen LogP contribution in [0.5, 0.6) is 0 Å². The molecule has 0 unspecified atom stereocenters. The monoisotopic (exact) mass is 165 g/mol. The third-order valence-electron chi connectivity index (χ3n) is 1.71. The predicted octanol–water partition coefficient (Wildman–Crippen LogP) is 1.02. The van der Waals surface area contributed by atoms with E-state index in [1.54, 1.807) is 0 Å². The van der Waals surface area contributed by atoms with Crippen LogP contribution in [0.3, 0.4) is 0 Å². The zero-order valence-corrected chi connectivity index (χ0v) is 6.35. The van der Waals surface area contributed by atoms with Crippen molar-refractivity contribution in [2.75, 3.05) is 19.7 Å². The minimum atomic E-state index is -2.34. The Labute approximate surface area is 64.9 Å². The molecule has 0 bridgehead atoms. The summed E-state index contributed by atoms with van der Waals surface area (Å²) in [6, 6.07) is 0. The number of nitrogens with one attached hydrogen (secondary N) is 1. The highest BCUT2D eigenvalue weighted by molar-refractivity contribution is 4.68. The standard InChI is InChI=1S/C7H13F2NO/c8-7(9)5-11-6-2-1-3-10-4-6/h6-7,10H,1-5H2/t6-/m0/s1. The van der Waals surface area contributed by atoms with Crippen molar-refractivity contribution in [2.24, 2.45) is 0 Å². The van der Waals surface area contributed by atoms with Crippen LogP contribution in [0.1, 0.15) is 12.8 Å². The molecule has 2 nitrogen and oxygen atoms in total. The van der Waals surface area contributed by atoms with E-state index in [2.05, 4.69) is 5.32 Å². The number of halogens is 2. The molecule has 1 rings (SSSR count). The summed E-state index contributed by atoms with van der Waals surface area (Å²) >= 11 is 0. The Morgan fingerprint density at radius 2 is 2.36 bits per heavy atom. The first kappa shape index (κ1) is 8.87. The van der Waals surface area contributed by atoms with Crippen LogP contribution >= 0.6 is 0 Å². The highest BCUT2D eigenvalue weighted by Gasteiger charge is 2.14. The normalized spacial score (nSPS) is 25.9. The van der Waals surface area contributed by atoms with Crippen molar-refractivity contribution in [1.82, 2.24) is 5.32 Å². The molecule has 0 amide bonds. The highest BCUT2D eigenvalue weighted by Crippen LogP contribution is 2.07. The van der Waals surface area contributed by atoms with Gasteiger partial charge in [0.25, 0.3) is 6.43 Å². The lowest BCUT2D eigenvalue weighted by Gasteiger charge is -2.22. The second-order valence-corrected chi connectivity index (χ2v) is 2.69. The van der Waals surface area contributed by atoms with Gasteiger partial charge in [-0.25, -0.2) is 8.78 Å². The molecule has 1 heterocycles. The van der Waals surface area contributed by atoms with Crippen molar-refractivity contribution in [3.05, 3.63) is 0 Å². The molecule has 0 radical (unpaired) electrons. The molecule has 1 N–H and O–H groups in total. The van der Waals surface area contributed by atoms with E-state index < -0.39 is 13.0 Å². The van der Waals surface area contributed by atoms with Gasteiger partial charge in [0.15, 0.2) is 0 Å². The topological polar surface area (TPSA) is 21.3 Å². The maximum absolute atomic E-state index is 11.6. The van der Waals surface area contributed by atoms with Gasteiger partial charge in [0.1, 0.15) is 6.61 Å². The van der Waals surface area contributed by atoms with Crippen LogP contribution in [-0.2, 0) is 4.74 Å². The second kappa shape index (κ2) is 4.62. The van der Waals surface area contributed by atoms with Crippen LogP contribution in [0.4, 0.5) is 8.78 Å². The van der Waals surface area contributed by atoms with Crippen LogP contribution in [-0.4, -0.2) is 32.2 Å². The van der Waals surface area contributed by atoms with Gasteiger partial charge in [-0.15, -0.1) is 0 Å². The minimum absolute atomic E-state index is 0.00208. The molecule has 0 spiro atoms. The quantitative estimate of drug-likeness (QED) is 0.674. The SMILES string of the molecule is FC(F)CO[C@H]1CCCNC1. The van der Waals surface area contributed by atoms with Gasteiger partial charge >= 0.3 is 0 Å². The summed E-state index contributed by atoms with van der Waals surface area (Å²) in [6.07, 6.45) is -0.414. The van der Waals surface area contributed by atoms with Gasteiger partial charge < -0.3 is 10.1 Å². The molecule has 0 aromatic carbocycles. The Bertz CT molecular complexity index is 105. The molecule has 11 heavy (non-hydrogen) atoms. The highest BCUT2D eigenvalue weighted by atomic mass is 19.3. The van der Waals surface area contributed by atoms with E-state index in [4.69, 9.17) is 4.74 Å². The number of hydrogen-bond acceptors (Lipinski definition) is 2. The Kier molecular flexibility index (Phi) is 3.72. The van der Waals surface area contributed by atoms with E-state index in [1.165, 1.54) is 0 Å². The van der Waals surface area contributed by atoms with Crippen molar-refractivity contribution in [3.63, 3.8) is 0 Å². The Hall–Kier alpha value is -0.220. The van der Waals surface area contributed by atoms with E-state index in [0.717, 1.165) is 19.4 Å². The summed E-state index contributed by atoms with van der Waals surface area (Å²) in [6.45, 7) is 1.27. The summed E-state index contributed by atoms with van der Waals surface area (Å²) in [5.41, 5.74) is 0. The Morgan fingerprint density at radius 1 is 1.55 bits per heavy atom. The molecule has 0 aromatic heterocycles. The first-order valence-electron chi connectivity index (χ1n) is 3.89.